The second-order valence-corrected chi connectivity index (χ2v) is 8.10. The molecule has 1 aliphatic heterocycles. The first-order chi connectivity index (χ1) is 14.5. The molecule has 4 rings (SSSR count). The van der Waals surface area contributed by atoms with Crippen LogP contribution in [0, 0.1) is 6.92 Å². The highest BCUT2D eigenvalue weighted by molar-refractivity contribution is 5.95. The van der Waals surface area contributed by atoms with Crippen LogP contribution in [0.4, 0.5) is 11.4 Å². The highest BCUT2D eigenvalue weighted by atomic mass is 16.1. The van der Waals surface area contributed by atoms with Gasteiger partial charge in [-0.25, -0.2) is 0 Å². The lowest BCUT2D eigenvalue weighted by molar-refractivity contribution is 0.0950. The molecule has 1 amide bonds. The minimum absolute atomic E-state index is 0.0181. The molecule has 0 fully saturated rings. The van der Waals surface area contributed by atoms with Gasteiger partial charge in [0.05, 0.1) is 6.04 Å². The number of aryl methyl sites for hydroxylation is 1. The summed E-state index contributed by atoms with van der Waals surface area (Å²) in [5, 5.41) is 3.19. The number of para-hydroxylation sites is 1. The third-order valence-corrected chi connectivity index (χ3v) is 5.94. The predicted octanol–water partition coefficient (Wildman–Crippen LogP) is 4.59. The molecule has 0 saturated heterocycles. The number of hydrogen-bond donors (Lipinski definition) is 1. The van der Waals surface area contributed by atoms with E-state index in [-0.39, 0.29) is 11.9 Å². The van der Waals surface area contributed by atoms with E-state index in [1.165, 1.54) is 22.5 Å². The molecule has 1 aliphatic rings. The van der Waals surface area contributed by atoms with Gasteiger partial charge in [-0.1, -0.05) is 48.5 Å². The zero-order valence-corrected chi connectivity index (χ0v) is 17.9. The molecule has 0 spiro atoms. The van der Waals surface area contributed by atoms with Crippen molar-refractivity contribution in [3.05, 3.63) is 95.1 Å². The van der Waals surface area contributed by atoms with Crippen molar-refractivity contribution >= 4 is 17.3 Å². The largest absolute Gasteiger partial charge is 0.378 e. The molecule has 0 aromatic heterocycles. The van der Waals surface area contributed by atoms with Crippen molar-refractivity contribution in [3.63, 3.8) is 0 Å². The summed E-state index contributed by atoms with van der Waals surface area (Å²) in [6, 6.07) is 25.1. The van der Waals surface area contributed by atoms with E-state index in [0.29, 0.717) is 6.54 Å². The summed E-state index contributed by atoms with van der Waals surface area (Å²) in [6.07, 6.45) is 1.04. The van der Waals surface area contributed by atoms with E-state index < -0.39 is 0 Å². The Labute approximate surface area is 179 Å². The van der Waals surface area contributed by atoms with Gasteiger partial charge in [0.2, 0.25) is 0 Å². The minimum Gasteiger partial charge on any atom is -0.378 e. The maximum Gasteiger partial charge on any atom is 0.251 e. The standard InChI is InChI=1S/C26H29N3O/c1-19-8-4-6-10-23(19)26(30)27-18-25(21-12-14-22(15-13-21)28(2)3)29-17-16-20-9-5-7-11-24(20)29/h4-15,25H,16-18H2,1-3H3,(H,27,30)/t25-/m0/s1. The number of fused-ring (bicyclic) bond motifs is 1. The van der Waals surface area contributed by atoms with Crippen molar-refractivity contribution < 1.29 is 4.79 Å². The highest BCUT2D eigenvalue weighted by Crippen LogP contribution is 2.35. The monoisotopic (exact) mass is 399 g/mol. The fourth-order valence-electron chi connectivity index (χ4n) is 4.20. The number of hydrogen-bond acceptors (Lipinski definition) is 3. The van der Waals surface area contributed by atoms with Gasteiger partial charge in [0.1, 0.15) is 0 Å². The van der Waals surface area contributed by atoms with Crippen LogP contribution in [0.3, 0.4) is 0 Å². The Bertz CT molecular complexity index is 1030. The predicted molar refractivity (Wildman–Crippen MR) is 125 cm³/mol. The molecule has 0 unspecified atom stereocenters. The van der Waals surface area contributed by atoms with Crippen molar-refractivity contribution in [2.24, 2.45) is 0 Å². The van der Waals surface area contributed by atoms with E-state index in [2.05, 4.69) is 63.6 Å². The van der Waals surface area contributed by atoms with Gasteiger partial charge in [0.15, 0.2) is 0 Å². The average Bonchev–Trinajstić information content (AvgIpc) is 3.18. The van der Waals surface area contributed by atoms with Crippen LogP contribution in [0.25, 0.3) is 0 Å². The van der Waals surface area contributed by atoms with Gasteiger partial charge in [-0.15, -0.1) is 0 Å². The Balaban J connectivity index is 1.61. The van der Waals surface area contributed by atoms with Crippen LogP contribution < -0.4 is 15.1 Å². The maximum absolute atomic E-state index is 12.9. The summed E-state index contributed by atoms with van der Waals surface area (Å²) >= 11 is 0. The molecule has 0 aliphatic carbocycles. The van der Waals surface area contributed by atoms with E-state index in [4.69, 9.17) is 0 Å². The van der Waals surface area contributed by atoms with Crippen molar-refractivity contribution in [1.82, 2.24) is 5.32 Å². The number of amides is 1. The van der Waals surface area contributed by atoms with E-state index >= 15 is 0 Å². The van der Waals surface area contributed by atoms with E-state index in [0.717, 1.165) is 24.1 Å². The molecular weight excluding hydrogens is 370 g/mol. The van der Waals surface area contributed by atoms with E-state index in [9.17, 15) is 4.79 Å². The molecule has 3 aromatic carbocycles. The SMILES string of the molecule is Cc1ccccc1C(=O)NC[C@@H](c1ccc(N(C)C)cc1)N1CCc2ccccc21. The number of nitrogens with one attached hydrogen (secondary N) is 1. The molecule has 30 heavy (non-hydrogen) atoms. The molecule has 3 aromatic rings. The first-order valence-electron chi connectivity index (χ1n) is 10.5. The normalized spacial score (nSPS) is 13.6. The Morgan fingerprint density at radius 2 is 1.70 bits per heavy atom. The summed E-state index contributed by atoms with van der Waals surface area (Å²) in [4.78, 5) is 17.4. The lowest BCUT2D eigenvalue weighted by Crippen LogP contribution is -2.37. The second-order valence-electron chi connectivity index (χ2n) is 8.10. The van der Waals surface area contributed by atoms with Crippen molar-refractivity contribution in [3.8, 4) is 0 Å². The van der Waals surface area contributed by atoms with E-state index in [1.807, 2.05) is 45.3 Å². The third kappa shape index (κ3) is 4.04. The lowest BCUT2D eigenvalue weighted by Gasteiger charge is -2.31. The summed E-state index contributed by atoms with van der Waals surface area (Å²) in [5.74, 6) is -0.0181. The first-order valence-corrected chi connectivity index (χ1v) is 10.5. The van der Waals surface area contributed by atoms with Gasteiger partial charge in [0.25, 0.3) is 5.91 Å². The zero-order valence-electron chi connectivity index (χ0n) is 17.9. The fraction of sp³-hybridized carbons (Fsp3) is 0.269. The van der Waals surface area contributed by atoms with Crippen LogP contribution in [-0.2, 0) is 6.42 Å². The molecule has 1 N–H and O–H groups in total. The molecule has 154 valence electrons. The Kier molecular flexibility index (Phi) is 5.75. The van der Waals surface area contributed by atoms with Crippen molar-refractivity contribution in [1.29, 1.82) is 0 Å². The van der Waals surface area contributed by atoms with Gasteiger partial charge in [0, 0.05) is 44.1 Å². The van der Waals surface area contributed by atoms with Gasteiger partial charge >= 0.3 is 0 Å². The summed E-state index contributed by atoms with van der Waals surface area (Å²) in [7, 11) is 4.09. The molecule has 1 heterocycles. The number of anilines is 2. The quantitative estimate of drug-likeness (QED) is 0.658. The van der Waals surface area contributed by atoms with Crippen LogP contribution in [0.15, 0.2) is 72.8 Å². The Morgan fingerprint density at radius 1 is 1.00 bits per heavy atom. The van der Waals surface area contributed by atoms with Crippen molar-refractivity contribution in [2.45, 2.75) is 19.4 Å². The number of benzene rings is 3. The van der Waals surface area contributed by atoms with Gasteiger partial charge in [-0.05, 0) is 54.3 Å². The Morgan fingerprint density at radius 3 is 2.43 bits per heavy atom. The smallest absolute Gasteiger partial charge is 0.251 e. The van der Waals surface area contributed by atoms with E-state index in [1.54, 1.807) is 0 Å². The zero-order chi connectivity index (χ0) is 21.1. The molecule has 0 bridgehead atoms. The molecule has 4 nitrogen and oxygen atoms in total. The maximum atomic E-state index is 12.9. The number of carbonyl (C=O) groups is 1. The molecule has 0 radical (unpaired) electrons. The summed E-state index contributed by atoms with van der Waals surface area (Å²) in [5.41, 5.74) is 6.75. The highest BCUT2D eigenvalue weighted by Gasteiger charge is 2.27. The topological polar surface area (TPSA) is 35.6 Å². The number of carbonyl (C=O) groups excluding carboxylic acids is 1. The van der Waals surface area contributed by atoms with Crippen molar-refractivity contribution in [2.75, 3.05) is 37.0 Å². The van der Waals surface area contributed by atoms with Crippen LogP contribution in [0.1, 0.15) is 33.1 Å². The lowest BCUT2D eigenvalue weighted by atomic mass is 10.0. The van der Waals surface area contributed by atoms with Gasteiger partial charge in [-0.2, -0.15) is 0 Å². The minimum atomic E-state index is -0.0181. The average molecular weight is 400 g/mol. The van der Waals surface area contributed by atoms with Crippen LogP contribution in [0.2, 0.25) is 0 Å². The van der Waals surface area contributed by atoms with Crippen LogP contribution in [0.5, 0.6) is 0 Å². The van der Waals surface area contributed by atoms with Crippen LogP contribution >= 0.6 is 0 Å². The number of rotatable bonds is 6. The first kappa shape index (κ1) is 20.0. The molecule has 1 atom stereocenters. The third-order valence-electron chi connectivity index (χ3n) is 5.94. The Hall–Kier alpha value is -3.27. The molecule has 4 heteroatoms. The van der Waals surface area contributed by atoms with Crippen LogP contribution in [-0.4, -0.2) is 33.1 Å². The summed E-state index contributed by atoms with van der Waals surface area (Å²) < 4.78 is 0. The fourth-order valence-corrected chi connectivity index (χ4v) is 4.20. The summed E-state index contributed by atoms with van der Waals surface area (Å²) in [6.45, 7) is 3.49. The molecular formula is C26H29N3O. The molecule has 0 saturated carbocycles. The second kappa shape index (κ2) is 8.62. The number of nitrogens with zero attached hydrogens (tertiary/aromatic N) is 2. The van der Waals surface area contributed by atoms with Gasteiger partial charge in [-0.3, -0.25) is 4.79 Å². The van der Waals surface area contributed by atoms with Gasteiger partial charge < -0.3 is 15.1 Å².